The molecule has 0 fully saturated rings. The van der Waals surface area contributed by atoms with Crippen LogP contribution in [0.3, 0.4) is 0 Å². The first-order valence-electron chi connectivity index (χ1n) is 4.45. The summed E-state index contributed by atoms with van der Waals surface area (Å²) in [5.41, 5.74) is 14.3. The molecule has 5 N–H and O–H groups in total. The second-order valence-electron chi connectivity index (χ2n) is 3.16. The first-order valence-corrected chi connectivity index (χ1v) is 4.45. The highest BCUT2D eigenvalue weighted by Crippen LogP contribution is 2.30. The maximum atomic E-state index is 5.74. The van der Waals surface area contributed by atoms with E-state index >= 15 is 0 Å². The van der Waals surface area contributed by atoms with Crippen molar-refractivity contribution < 1.29 is 4.74 Å². The fourth-order valence-corrected chi connectivity index (χ4v) is 1.39. The molecule has 0 aliphatic carbocycles. The van der Waals surface area contributed by atoms with E-state index in [1.807, 2.05) is 12.1 Å². The molecule has 1 heterocycles. The Morgan fingerprint density at radius 3 is 2.67 bits per heavy atom. The Bertz CT molecular complexity index is 478. The lowest BCUT2D eigenvalue weighted by Crippen LogP contribution is -1.93. The number of nitrogen functional groups attached to an aromatic ring is 2. The average Bonchev–Trinajstić information content (AvgIpc) is 2.65. The first-order chi connectivity index (χ1) is 7.22. The third kappa shape index (κ3) is 1.59. The van der Waals surface area contributed by atoms with Crippen LogP contribution in [0, 0.1) is 0 Å². The summed E-state index contributed by atoms with van der Waals surface area (Å²) in [6.45, 7) is 0. The van der Waals surface area contributed by atoms with Gasteiger partial charge in [-0.2, -0.15) is 5.10 Å². The Morgan fingerprint density at radius 1 is 1.27 bits per heavy atom. The summed E-state index contributed by atoms with van der Waals surface area (Å²) in [6.07, 6.45) is 1.57. The molecule has 1 aromatic carbocycles. The lowest BCUT2D eigenvalue weighted by molar-refractivity contribution is 0.417. The van der Waals surface area contributed by atoms with Gasteiger partial charge in [0.15, 0.2) is 0 Å². The lowest BCUT2D eigenvalue weighted by atomic mass is 10.1. The fraction of sp³-hybridized carbons (Fsp3) is 0.100. The Hall–Kier alpha value is -2.17. The van der Waals surface area contributed by atoms with Crippen LogP contribution in [0.1, 0.15) is 0 Å². The van der Waals surface area contributed by atoms with Gasteiger partial charge in [-0.3, -0.25) is 5.10 Å². The monoisotopic (exact) mass is 204 g/mol. The minimum Gasteiger partial charge on any atom is -0.495 e. The zero-order valence-corrected chi connectivity index (χ0v) is 8.32. The summed E-state index contributed by atoms with van der Waals surface area (Å²) in [7, 11) is 1.58. The first kappa shape index (κ1) is 9.39. The molecule has 15 heavy (non-hydrogen) atoms. The number of ether oxygens (including phenoxy) is 1. The van der Waals surface area contributed by atoms with Crippen molar-refractivity contribution in [1.29, 1.82) is 0 Å². The SMILES string of the molecule is COc1cc(-c2[nH]ncc2N)ccc1N. The number of aromatic nitrogens is 2. The standard InChI is InChI=1S/C10H12N4O/c1-15-9-4-6(2-3-7(9)11)10-8(12)5-13-14-10/h2-5H,11-12H2,1H3,(H,13,14). The molecule has 2 rings (SSSR count). The minimum atomic E-state index is 0.597. The smallest absolute Gasteiger partial charge is 0.142 e. The zero-order valence-electron chi connectivity index (χ0n) is 8.32. The van der Waals surface area contributed by atoms with Crippen LogP contribution in [0.25, 0.3) is 11.3 Å². The number of hydrogen-bond donors (Lipinski definition) is 3. The Morgan fingerprint density at radius 2 is 2.07 bits per heavy atom. The van der Waals surface area contributed by atoms with Crippen molar-refractivity contribution in [1.82, 2.24) is 10.2 Å². The van der Waals surface area contributed by atoms with Crippen LogP contribution in [0.4, 0.5) is 11.4 Å². The zero-order chi connectivity index (χ0) is 10.8. The molecule has 5 nitrogen and oxygen atoms in total. The number of rotatable bonds is 2. The molecule has 0 aliphatic heterocycles. The van der Waals surface area contributed by atoms with E-state index in [0.717, 1.165) is 11.3 Å². The fourth-order valence-electron chi connectivity index (χ4n) is 1.39. The average molecular weight is 204 g/mol. The van der Waals surface area contributed by atoms with Crippen molar-refractivity contribution >= 4 is 11.4 Å². The van der Waals surface area contributed by atoms with Gasteiger partial charge in [0.1, 0.15) is 5.75 Å². The highest BCUT2D eigenvalue weighted by Gasteiger charge is 2.07. The summed E-state index contributed by atoms with van der Waals surface area (Å²) < 4.78 is 5.12. The summed E-state index contributed by atoms with van der Waals surface area (Å²) in [4.78, 5) is 0. The van der Waals surface area contributed by atoms with Crippen LogP contribution in [-0.2, 0) is 0 Å². The molecule has 1 aromatic heterocycles. The number of nitrogens with one attached hydrogen (secondary N) is 1. The molecular formula is C10H12N4O. The molecule has 0 saturated carbocycles. The van der Waals surface area contributed by atoms with Gasteiger partial charge >= 0.3 is 0 Å². The number of benzene rings is 1. The van der Waals surface area contributed by atoms with Crippen LogP contribution in [-0.4, -0.2) is 17.3 Å². The van der Waals surface area contributed by atoms with Gasteiger partial charge in [-0.05, 0) is 12.1 Å². The van der Waals surface area contributed by atoms with Crippen LogP contribution >= 0.6 is 0 Å². The molecule has 5 heteroatoms. The highest BCUT2D eigenvalue weighted by atomic mass is 16.5. The van der Waals surface area contributed by atoms with E-state index in [0.29, 0.717) is 17.1 Å². The molecule has 0 radical (unpaired) electrons. The number of nitrogens with two attached hydrogens (primary N) is 2. The quantitative estimate of drug-likeness (QED) is 0.642. The van der Waals surface area contributed by atoms with Gasteiger partial charge in [-0.1, -0.05) is 6.07 Å². The molecule has 0 amide bonds. The Labute approximate surface area is 87.0 Å². The van der Waals surface area contributed by atoms with Crippen LogP contribution < -0.4 is 16.2 Å². The van der Waals surface area contributed by atoms with Crippen molar-refractivity contribution in [3.8, 4) is 17.0 Å². The van der Waals surface area contributed by atoms with E-state index in [2.05, 4.69) is 10.2 Å². The van der Waals surface area contributed by atoms with Gasteiger partial charge in [-0.25, -0.2) is 0 Å². The highest BCUT2D eigenvalue weighted by molar-refractivity contribution is 5.75. The molecule has 2 aromatic rings. The largest absolute Gasteiger partial charge is 0.495 e. The number of hydrogen-bond acceptors (Lipinski definition) is 4. The third-order valence-corrected chi connectivity index (χ3v) is 2.19. The van der Waals surface area contributed by atoms with Crippen molar-refractivity contribution in [2.45, 2.75) is 0 Å². The topological polar surface area (TPSA) is 89.9 Å². The molecule has 0 saturated heterocycles. The van der Waals surface area contributed by atoms with E-state index in [4.69, 9.17) is 16.2 Å². The van der Waals surface area contributed by atoms with E-state index in [9.17, 15) is 0 Å². The molecule has 0 bridgehead atoms. The molecule has 0 spiro atoms. The van der Waals surface area contributed by atoms with Crippen molar-refractivity contribution in [3.05, 3.63) is 24.4 Å². The normalized spacial score (nSPS) is 10.2. The second kappa shape index (κ2) is 3.53. The Balaban J connectivity index is 2.51. The van der Waals surface area contributed by atoms with E-state index in [1.54, 1.807) is 19.4 Å². The predicted octanol–water partition coefficient (Wildman–Crippen LogP) is 1.25. The minimum absolute atomic E-state index is 0.597. The Kier molecular flexibility index (Phi) is 2.21. The number of nitrogens with zero attached hydrogens (tertiary/aromatic N) is 1. The summed E-state index contributed by atoms with van der Waals surface area (Å²) >= 11 is 0. The van der Waals surface area contributed by atoms with Crippen LogP contribution in [0.15, 0.2) is 24.4 Å². The number of methoxy groups -OCH3 is 1. The lowest BCUT2D eigenvalue weighted by Gasteiger charge is -2.06. The van der Waals surface area contributed by atoms with Gasteiger partial charge < -0.3 is 16.2 Å². The van der Waals surface area contributed by atoms with E-state index in [-0.39, 0.29) is 0 Å². The van der Waals surface area contributed by atoms with Crippen molar-refractivity contribution in [2.24, 2.45) is 0 Å². The summed E-state index contributed by atoms with van der Waals surface area (Å²) in [5.74, 6) is 0.626. The van der Waals surface area contributed by atoms with Gasteiger partial charge in [0.25, 0.3) is 0 Å². The summed E-state index contributed by atoms with van der Waals surface area (Å²) in [6, 6.07) is 5.45. The molecule has 0 unspecified atom stereocenters. The molecule has 78 valence electrons. The summed E-state index contributed by atoms with van der Waals surface area (Å²) in [5, 5.41) is 6.68. The molecular weight excluding hydrogens is 192 g/mol. The predicted molar refractivity (Wildman–Crippen MR) is 59.4 cm³/mol. The number of H-pyrrole nitrogens is 1. The molecule has 0 atom stereocenters. The maximum absolute atomic E-state index is 5.74. The van der Waals surface area contributed by atoms with Gasteiger partial charge in [0.05, 0.1) is 30.4 Å². The maximum Gasteiger partial charge on any atom is 0.142 e. The van der Waals surface area contributed by atoms with Crippen molar-refractivity contribution in [2.75, 3.05) is 18.6 Å². The van der Waals surface area contributed by atoms with E-state index in [1.165, 1.54) is 0 Å². The van der Waals surface area contributed by atoms with Crippen LogP contribution in [0.5, 0.6) is 5.75 Å². The van der Waals surface area contributed by atoms with Gasteiger partial charge in [-0.15, -0.1) is 0 Å². The van der Waals surface area contributed by atoms with E-state index < -0.39 is 0 Å². The van der Waals surface area contributed by atoms with Crippen LogP contribution in [0.2, 0.25) is 0 Å². The van der Waals surface area contributed by atoms with Gasteiger partial charge in [0.2, 0.25) is 0 Å². The number of aromatic amines is 1. The van der Waals surface area contributed by atoms with Crippen molar-refractivity contribution in [3.63, 3.8) is 0 Å². The molecule has 0 aliphatic rings. The number of anilines is 2. The third-order valence-electron chi connectivity index (χ3n) is 2.19. The second-order valence-corrected chi connectivity index (χ2v) is 3.16. The van der Waals surface area contributed by atoms with Gasteiger partial charge in [0, 0.05) is 5.56 Å².